The van der Waals surface area contributed by atoms with E-state index in [2.05, 4.69) is 42.3 Å². The number of benzene rings is 1. The molecular formula is C15H19N3O. The Hall–Kier alpha value is -2.10. The van der Waals surface area contributed by atoms with Gasteiger partial charge in [-0.1, -0.05) is 19.1 Å². The summed E-state index contributed by atoms with van der Waals surface area (Å²) in [6, 6.07) is 6.31. The highest BCUT2D eigenvalue weighted by molar-refractivity contribution is 5.89. The summed E-state index contributed by atoms with van der Waals surface area (Å²) in [4.78, 5) is 15.7. The molecule has 0 saturated heterocycles. The van der Waals surface area contributed by atoms with E-state index in [4.69, 9.17) is 0 Å². The third-order valence-corrected chi connectivity index (χ3v) is 3.36. The van der Waals surface area contributed by atoms with Crippen LogP contribution in [0.4, 0.5) is 5.95 Å². The van der Waals surface area contributed by atoms with Crippen LogP contribution in [0.25, 0.3) is 11.3 Å². The summed E-state index contributed by atoms with van der Waals surface area (Å²) in [7, 11) is 1.91. The summed E-state index contributed by atoms with van der Waals surface area (Å²) in [5, 5.41) is 2.79. The lowest BCUT2D eigenvalue weighted by molar-refractivity contribution is -0.115. The largest absolute Gasteiger partial charge is 0.313 e. The molecule has 4 heteroatoms. The molecule has 1 aromatic heterocycles. The standard InChI is InChI=1S/C15H19N3O/c1-5-14(19)17-15-16-9-13(18(15)4)12-7-6-10(2)11(3)8-12/h6-9H,5H2,1-4H3,(H,16,17,19). The Morgan fingerprint density at radius 1 is 1.32 bits per heavy atom. The van der Waals surface area contributed by atoms with E-state index in [9.17, 15) is 4.79 Å². The first-order valence-corrected chi connectivity index (χ1v) is 6.42. The van der Waals surface area contributed by atoms with Crippen molar-refractivity contribution in [3.63, 3.8) is 0 Å². The molecule has 100 valence electrons. The number of hydrogen-bond acceptors (Lipinski definition) is 2. The van der Waals surface area contributed by atoms with Gasteiger partial charge in [0.05, 0.1) is 11.9 Å². The van der Waals surface area contributed by atoms with E-state index >= 15 is 0 Å². The fourth-order valence-electron chi connectivity index (χ4n) is 1.91. The molecule has 1 N–H and O–H groups in total. The lowest BCUT2D eigenvalue weighted by Crippen LogP contribution is -2.13. The van der Waals surface area contributed by atoms with Crippen LogP contribution < -0.4 is 5.32 Å². The zero-order chi connectivity index (χ0) is 14.0. The molecule has 4 nitrogen and oxygen atoms in total. The molecule has 19 heavy (non-hydrogen) atoms. The number of nitrogens with one attached hydrogen (secondary N) is 1. The van der Waals surface area contributed by atoms with Crippen LogP contribution in [0.3, 0.4) is 0 Å². The number of aryl methyl sites for hydroxylation is 2. The molecule has 0 atom stereocenters. The molecule has 0 aliphatic carbocycles. The SMILES string of the molecule is CCC(=O)Nc1ncc(-c2ccc(C)c(C)c2)n1C. The Kier molecular flexibility index (Phi) is 3.69. The maximum Gasteiger partial charge on any atom is 0.226 e. The van der Waals surface area contributed by atoms with E-state index < -0.39 is 0 Å². The number of carbonyl (C=O) groups excluding carboxylic acids is 1. The zero-order valence-electron chi connectivity index (χ0n) is 11.8. The lowest BCUT2D eigenvalue weighted by atomic mass is 10.0. The molecule has 2 aromatic rings. The van der Waals surface area contributed by atoms with E-state index in [1.807, 2.05) is 18.5 Å². The lowest BCUT2D eigenvalue weighted by Gasteiger charge is -2.08. The maximum absolute atomic E-state index is 11.4. The average Bonchev–Trinajstić information content (AvgIpc) is 2.74. The van der Waals surface area contributed by atoms with Crippen LogP contribution in [0.2, 0.25) is 0 Å². The van der Waals surface area contributed by atoms with Crippen molar-refractivity contribution in [3.05, 3.63) is 35.5 Å². The molecule has 1 amide bonds. The maximum atomic E-state index is 11.4. The first-order chi connectivity index (χ1) is 9.02. The van der Waals surface area contributed by atoms with E-state index in [1.54, 1.807) is 6.20 Å². The van der Waals surface area contributed by atoms with Crippen molar-refractivity contribution in [3.8, 4) is 11.3 Å². The predicted molar refractivity (Wildman–Crippen MR) is 77.0 cm³/mol. The van der Waals surface area contributed by atoms with Gasteiger partial charge in [0.15, 0.2) is 0 Å². The van der Waals surface area contributed by atoms with Crippen LogP contribution in [-0.4, -0.2) is 15.5 Å². The molecule has 0 radical (unpaired) electrons. The number of amides is 1. The van der Waals surface area contributed by atoms with Crippen molar-refractivity contribution < 1.29 is 4.79 Å². The van der Waals surface area contributed by atoms with Gasteiger partial charge in [-0.05, 0) is 31.0 Å². The zero-order valence-corrected chi connectivity index (χ0v) is 11.8. The molecule has 0 aliphatic rings. The summed E-state index contributed by atoms with van der Waals surface area (Å²) in [6.07, 6.45) is 2.24. The molecule has 0 aliphatic heterocycles. The Bertz CT molecular complexity index is 614. The van der Waals surface area contributed by atoms with Gasteiger partial charge < -0.3 is 4.57 Å². The minimum absolute atomic E-state index is 0.0275. The Labute approximate surface area is 113 Å². The van der Waals surface area contributed by atoms with Gasteiger partial charge >= 0.3 is 0 Å². The number of aromatic nitrogens is 2. The number of rotatable bonds is 3. The second-order valence-corrected chi connectivity index (χ2v) is 4.73. The van der Waals surface area contributed by atoms with E-state index in [1.165, 1.54) is 11.1 Å². The van der Waals surface area contributed by atoms with Crippen molar-refractivity contribution in [2.45, 2.75) is 27.2 Å². The van der Waals surface area contributed by atoms with Crippen LogP contribution in [0.5, 0.6) is 0 Å². The summed E-state index contributed by atoms with van der Waals surface area (Å²) in [6.45, 7) is 6.01. The molecular weight excluding hydrogens is 238 g/mol. The highest BCUT2D eigenvalue weighted by Gasteiger charge is 2.10. The molecule has 1 aromatic carbocycles. The third kappa shape index (κ3) is 2.67. The predicted octanol–water partition coefficient (Wildman–Crippen LogP) is 3.05. The van der Waals surface area contributed by atoms with E-state index in [-0.39, 0.29) is 5.91 Å². The average molecular weight is 257 g/mol. The number of carbonyl (C=O) groups is 1. The molecule has 0 spiro atoms. The van der Waals surface area contributed by atoms with E-state index in [0.29, 0.717) is 12.4 Å². The molecule has 0 bridgehead atoms. The van der Waals surface area contributed by atoms with E-state index in [0.717, 1.165) is 11.3 Å². The smallest absolute Gasteiger partial charge is 0.226 e. The molecule has 0 fully saturated rings. The Morgan fingerprint density at radius 3 is 2.68 bits per heavy atom. The first kappa shape index (κ1) is 13.3. The first-order valence-electron chi connectivity index (χ1n) is 6.42. The fraction of sp³-hybridized carbons (Fsp3) is 0.333. The number of hydrogen-bond donors (Lipinski definition) is 1. The quantitative estimate of drug-likeness (QED) is 0.918. The topological polar surface area (TPSA) is 46.9 Å². The highest BCUT2D eigenvalue weighted by atomic mass is 16.1. The van der Waals surface area contributed by atoms with Gasteiger partial charge in [0.1, 0.15) is 0 Å². The van der Waals surface area contributed by atoms with Crippen LogP contribution in [0.15, 0.2) is 24.4 Å². The number of imidazole rings is 1. The van der Waals surface area contributed by atoms with Crippen molar-refractivity contribution in [1.82, 2.24) is 9.55 Å². The van der Waals surface area contributed by atoms with Crippen molar-refractivity contribution >= 4 is 11.9 Å². The monoisotopic (exact) mass is 257 g/mol. The van der Waals surface area contributed by atoms with Gasteiger partial charge in [0.2, 0.25) is 11.9 Å². The number of nitrogens with zero attached hydrogens (tertiary/aromatic N) is 2. The van der Waals surface area contributed by atoms with Crippen LogP contribution in [-0.2, 0) is 11.8 Å². The molecule has 0 saturated carbocycles. The van der Waals surface area contributed by atoms with Crippen LogP contribution in [0.1, 0.15) is 24.5 Å². The second-order valence-electron chi connectivity index (χ2n) is 4.73. The van der Waals surface area contributed by atoms with Crippen molar-refractivity contribution in [2.75, 3.05) is 5.32 Å². The number of anilines is 1. The molecule has 0 unspecified atom stereocenters. The third-order valence-electron chi connectivity index (χ3n) is 3.36. The van der Waals surface area contributed by atoms with Gasteiger partial charge in [-0.2, -0.15) is 0 Å². The molecule has 1 heterocycles. The van der Waals surface area contributed by atoms with Crippen LogP contribution in [0, 0.1) is 13.8 Å². The Morgan fingerprint density at radius 2 is 2.05 bits per heavy atom. The second kappa shape index (κ2) is 5.26. The minimum atomic E-state index is -0.0275. The summed E-state index contributed by atoms with van der Waals surface area (Å²) < 4.78 is 1.90. The van der Waals surface area contributed by atoms with Gasteiger partial charge in [-0.25, -0.2) is 4.98 Å². The van der Waals surface area contributed by atoms with Crippen molar-refractivity contribution in [2.24, 2.45) is 7.05 Å². The van der Waals surface area contributed by atoms with Gasteiger partial charge in [-0.15, -0.1) is 0 Å². The van der Waals surface area contributed by atoms with Gasteiger partial charge in [-0.3, -0.25) is 10.1 Å². The van der Waals surface area contributed by atoms with Crippen molar-refractivity contribution in [1.29, 1.82) is 0 Å². The minimum Gasteiger partial charge on any atom is -0.313 e. The Balaban J connectivity index is 2.35. The normalized spacial score (nSPS) is 10.5. The van der Waals surface area contributed by atoms with Crippen LogP contribution >= 0.6 is 0 Å². The van der Waals surface area contributed by atoms with Gasteiger partial charge in [0, 0.05) is 19.0 Å². The molecule has 2 rings (SSSR count). The highest BCUT2D eigenvalue weighted by Crippen LogP contribution is 2.24. The summed E-state index contributed by atoms with van der Waals surface area (Å²) >= 11 is 0. The summed E-state index contributed by atoms with van der Waals surface area (Å²) in [5.41, 5.74) is 4.62. The fourth-order valence-corrected chi connectivity index (χ4v) is 1.91. The van der Waals surface area contributed by atoms with Gasteiger partial charge in [0.25, 0.3) is 0 Å². The summed E-state index contributed by atoms with van der Waals surface area (Å²) in [5.74, 6) is 0.556.